The van der Waals surface area contributed by atoms with Crippen molar-refractivity contribution < 1.29 is 9.31 Å². The van der Waals surface area contributed by atoms with E-state index in [1.165, 1.54) is 22.8 Å². The third-order valence-corrected chi connectivity index (χ3v) is 3.54. The first kappa shape index (κ1) is 14.9. The molecule has 0 fully saturated rings. The Morgan fingerprint density at radius 1 is 1.35 bits per heavy atom. The van der Waals surface area contributed by atoms with Gasteiger partial charge in [0.25, 0.3) is 0 Å². The first-order chi connectivity index (χ1) is 11.0. The van der Waals surface area contributed by atoms with Crippen molar-refractivity contribution in [1.29, 1.82) is 0 Å². The van der Waals surface area contributed by atoms with Crippen LogP contribution in [0.3, 0.4) is 0 Å². The lowest BCUT2D eigenvalue weighted by molar-refractivity contribution is -0.391. The topological polar surface area (TPSA) is 85.4 Å². The minimum Gasteiger partial charge on any atom is -0.367 e. The Morgan fingerprint density at radius 2 is 2.17 bits per heavy atom. The molecule has 0 aliphatic heterocycles. The lowest BCUT2D eigenvalue weighted by atomic mass is 10.1. The molecule has 2 aromatic heterocycles. The molecular formula is C15H14FN5O2. The molecule has 3 rings (SSSR count). The first-order valence-electron chi connectivity index (χ1n) is 7.02. The van der Waals surface area contributed by atoms with Crippen LogP contribution in [0.4, 0.5) is 16.0 Å². The Bertz CT molecular complexity index is 877. The van der Waals surface area contributed by atoms with E-state index in [9.17, 15) is 14.5 Å². The van der Waals surface area contributed by atoms with Crippen molar-refractivity contribution in [3.05, 3.63) is 63.6 Å². The fourth-order valence-corrected chi connectivity index (χ4v) is 2.35. The van der Waals surface area contributed by atoms with Crippen LogP contribution >= 0.6 is 0 Å². The Morgan fingerprint density at radius 3 is 2.91 bits per heavy atom. The van der Waals surface area contributed by atoms with Gasteiger partial charge in [-0.05, 0) is 47.6 Å². The van der Waals surface area contributed by atoms with E-state index in [0.717, 1.165) is 11.1 Å². The van der Waals surface area contributed by atoms with E-state index in [1.54, 1.807) is 18.2 Å². The molecule has 7 nitrogen and oxygen atoms in total. The third kappa shape index (κ3) is 3.10. The Hall–Kier alpha value is -3.03. The molecule has 0 unspecified atom stereocenters. The van der Waals surface area contributed by atoms with Gasteiger partial charge in [-0.2, -0.15) is 0 Å². The van der Waals surface area contributed by atoms with Gasteiger partial charge in [0, 0.05) is 12.6 Å². The van der Waals surface area contributed by atoms with Crippen molar-refractivity contribution in [1.82, 2.24) is 14.6 Å². The number of halogens is 1. The van der Waals surface area contributed by atoms with Gasteiger partial charge in [0.2, 0.25) is 5.65 Å². The van der Waals surface area contributed by atoms with Crippen LogP contribution in [0.25, 0.3) is 5.65 Å². The van der Waals surface area contributed by atoms with E-state index in [-0.39, 0.29) is 11.6 Å². The number of hydrogen-bond acceptors (Lipinski definition) is 5. The number of imidazole rings is 1. The quantitative estimate of drug-likeness (QED) is 0.578. The van der Waals surface area contributed by atoms with Crippen LogP contribution in [-0.2, 0) is 6.42 Å². The highest BCUT2D eigenvalue weighted by Crippen LogP contribution is 2.15. The maximum absolute atomic E-state index is 13.1. The molecule has 8 heteroatoms. The number of rotatable bonds is 5. The minimum absolute atomic E-state index is 0.182. The van der Waals surface area contributed by atoms with Gasteiger partial charge in [-0.3, -0.25) is 0 Å². The second-order valence-electron chi connectivity index (χ2n) is 5.11. The summed E-state index contributed by atoms with van der Waals surface area (Å²) in [5.41, 5.74) is 2.34. The van der Waals surface area contributed by atoms with E-state index in [2.05, 4.69) is 15.4 Å². The average Bonchev–Trinajstić information content (AvgIpc) is 2.93. The maximum Gasteiger partial charge on any atom is 0.368 e. The highest BCUT2D eigenvalue weighted by atomic mass is 19.1. The molecule has 0 amide bonds. The molecule has 1 N–H and O–H groups in total. The number of aromatic nitrogens is 3. The van der Waals surface area contributed by atoms with Crippen LogP contribution in [-0.4, -0.2) is 26.1 Å². The molecule has 118 valence electrons. The molecule has 0 bridgehead atoms. The van der Waals surface area contributed by atoms with E-state index in [1.807, 2.05) is 6.92 Å². The van der Waals surface area contributed by atoms with Gasteiger partial charge in [-0.25, -0.2) is 9.37 Å². The van der Waals surface area contributed by atoms with Crippen LogP contribution < -0.4 is 5.32 Å². The average molecular weight is 315 g/mol. The summed E-state index contributed by atoms with van der Waals surface area (Å²) in [7, 11) is 0. The van der Waals surface area contributed by atoms with Gasteiger partial charge in [0.05, 0.1) is 0 Å². The van der Waals surface area contributed by atoms with Gasteiger partial charge in [-0.15, -0.1) is 0 Å². The summed E-state index contributed by atoms with van der Waals surface area (Å²) in [5, 5.41) is 18.2. The SMILES string of the molecule is Cc1cc(F)ccc1CCNc1ccc2ncc([N+](=O)[O-])n2n1. The van der Waals surface area contributed by atoms with E-state index in [4.69, 9.17) is 0 Å². The summed E-state index contributed by atoms with van der Waals surface area (Å²) in [6.45, 7) is 2.44. The van der Waals surface area contributed by atoms with Crippen molar-refractivity contribution in [3.63, 3.8) is 0 Å². The summed E-state index contributed by atoms with van der Waals surface area (Å²) < 4.78 is 14.3. The normalized spacial score (nSPS) is 10.9. The summed E-state index contributed by atoms with van der Waals surface area (Å²) in [5.74, 6) is 0.0788. The van der Waals surface area contributed by atoms with Crippen LogP contribution in [0, 0.1) is 22.9 Å². The molecule has 0 atom stereocenters. The van der Waals surface area contributed by atoms with Crippen molar-refractivity contribution >= 4 is 17.3 Å². The first-order valence-corrected chi connectivity index (χ1v) is 7.02. The fourth-order valence-electron chi connectivity index (χ4n) is 2.35. The summed E-state index contributed by atoms with van der Waals surface area (Å²) in [6.07, 6.45) is 1.87. The zero-order valence-electron chi connectivity index (χ0n) is 12.4. The van der Waals surface area contributed by atoms with Crippen molar-refractivity contribution in [3.8, 4) is 0 Å². The number of nitrogens with zero attached hydrogens (tertiary/aromatic N) is 4. The number of hydrogen-bond donors (Lipinski definition) is 1. The molecule has 0 saturated carbocycles. The number of benzene rings is 1. The standard InChI is InChI=1S/C15H14FN5O2/c1-10-8-12(16)3-2-11(10)6-7-17-13-4-5-14-18-9-15(21(22)23)20(14)19-13/h2-5,8-9H,6-7H2,1H3,(H,17,19). The largest absolute Gasteiger partial charge is 0.368 e. The van der Waals surface area contributed by atoms with Crippen LogP contribution in [0.5, 0.6) is 0 Å². The molecule has 2 heterocycles. The second kappa shape index (κ2) is 5.99. The number of anilines is 1. The number of nitro groups is 1. The maximum atomic E-state index is 13.1. The molecule has 3 aromatic rings. The van der Waals surface area contributed by atoms with Gasteiger partial charge < -0.3 is 15.4 Å². The summed E-state index contributed by atoms with van der Waals surface area (Å²) in [6, 6.07) is 8.05. The molecule has 0 radical (unpaired) electrons. The highest BCUT2D eigenvalue weighted by molar-refractivity contribution is 5.48. The van der Waals surface area contributed by atoms with Gasteiger partial charge in [0.1, 0.15) is 12.0 Å². The van der Waals surface area contributed by atoms with Crippen LogP contribution in [0.2, 0.25) is 0 Å². The monoisotopic (exact) mass is 315 g/mol. The molecule has 0 aliphatic rings. The van der Waals surface area contributed by atoms with Gasteiger partial charge in [-0.1, -0.05) is 15.7 Å². The summed E-state index contributed by atoms with van der Waals surface area (Å²) >= 11 is 0. The number of nitrogens with one attached hydrogen (secondary N) is 1. The number of fused-ring (bicyclic) bond motifs is 1. The van der Waals surface area contributed by atoms with Gasteiger partial charge >= 0.3 is 5.82 Å². The van der Waals surface area contributed by atoms with Crippen molar-refractivity contribution in [2.75, 3.05) is 11.9 Å². The smallest absolute Gasteiger partial charge is 0.367 e. The predicted molar refractivity (Wildman–Crippen MR) is 83.0 cm³/mol. The lowest BCUT2D eigenvalue weighted by Gasteiger charge is -2.07. The molecule has 0 saturated heterocycles. The molecule has 0 spiro atoms. The Balaban J connectivity index is 1.72. The predicted octanol–water partition coefficient (Wildman–Crippen LogP) is 2.74. The van der Waals surface area contributed by atoms with E-state index < -0.39 is 4.92 Å². The molecule has 23 heavy (non-hydrogen) atoms. The highest BCUT2D eigenvalue weighted by Gasteiger charge is 2.15. The van der Waals surface area contributed by atoms with Crippen molar-refractivity contribution in [2.24, 2.45) is 0 Å². The van der Waals surface area contributed by atoms with Crippen LogP contribution in [0.15, 0.2) is 36.5 Å². The Labute approximate surface area is 130 Å². The second-order valence-corrected chi connectivity index (χ2v) is 5.11. The van der Waals surface area contributed by atoms with Gasteiger partial charge in [0.15, 0.2) is 5.82 Å². The zero-order chi connectivity index (χ0) is 16.4. The lowest BCUT2D eigenvalue weighted by Crippen LogP contribution is -2.09. The number of aryl methyl sites for hydroxylation is 1. The summed E-state index contributed by atoms with van der Waals surface area (Å²) in [4.78, 5) is 14.3. The van der Waals surface area contributed by atoms with Crippen molar-refractivity contribution in [2.45, 2.75) is 13.3 Å². The zero-order valence-corrected chi connectivity index (χ0v) is 12.4. The van der Waals surface area contributed by atoms with Crippen LogP contribution in [0.1, 0.15) is 11.1 Å². The molecule has 1 aromatic carbocycles. The molecular weight excluding hydrogens is 301 g/mol. The Kier molecular flexibility index (Phi) is 3.88. The fraction of sp³-hybridized carbons (Fsp3) is 0.200. The molecule has 0 aliphatic carbocycles. The minimum atomic E-state index is -0.529. The third-order valence-electron chi connectivity index (χ3n) is 3.54. The van der Waals surface area contributed by atoms with E-state index >= 15 is 0 Å². The van der Waals surface area contributed by atoms with E-state index in [0.29, 0.717) is 24.4 Å².